The van der Waals surface area contributed by atoms with Crippen molar-refractivity contribution < 1.29 is 38.7 Å². The highest BCUT2D eigenvalue weighted by molar-refractivity contribution is 6.26. The second-order valence-corrected chi connectivity index (χ2v) is 5.93. The molecule has 1 heterocycles. The van der Waals surface area contributed by atoms with Crippen LogP contribution in [0, 0.1) is 0 Å². The number of aliphatic hydroxyl groups excluding tert-OH is 2. The van der Waals surface area contributed by atoms with E-state index >= 15 is 0 Å². The third-order valence-electron chi connectivity index (χ3n) is 3.81. The number of rotatable bonds is 8. The molecule has 0 unspecified atom stereocenters. The summed E-state index contributed by atoms with van der Waals surface area (Å²) < 4.78 is 21.4. The SMILES string of the molecule is C=CCO[C@H]1O[C@H](CO)[C@@H](O)[C@H](OC(=O)c2ccccc2)[C@@H]1OC(=O)CCl. The van der Waals surface area contributed by atoms with Crippen molar-refractivity contribution in [3.8, 4) is 0 Å². The summed E-state index contributed by atoms with van der Waals surface area (Å²) in [5.41, 5.74) is 0.239. The van der Waals surface area contributed by atoms with Crippen LogP contribution in [0.3, 0.4) is 0 Å². The zero-order valence-electron chi connectivity index (χ0n) is 14.4. The van der Waals surface area contributed by atoms with Gasteiger partial charge in [-0.1, -0.05) is 24.3 Å². The van der Waals surface area contributed by atoms with Crippen LogP contribution in [-0.2, 0) is 23.7 Å². The smallest absolute Gasteiger partial charge is 0.338 e. The van der Waals surface area contributed by atoms with Crippen molar-refractivity contribution in [1.82, 2.24) is 0 Å². The van der Waals surface area contributed by atoms with Crippen molar-refractivity contribution >= 4 is 23.5 Å². The number of hydrogen-bond acceptors (Lipinski definition) is 8. The Morgan fingerprint density at radius 1 is 1.22 bits per heavy atom. The summed E-state index contributed by atoms with van der Waals surface area (Å²) in [5, 5.41) is 19.9. The summed E-state index contributed by atoms with van der Waals surface area (Å²) in [6.45, 7) is 2.98. The number of benzene rings is 1. The number of carbonyl (C=O) groups excluding carboxylic acids is 2. The maximum absolute atomic E-state index is 12.4. The van der Waals surface area contributed by atoms with Gasteiger partial charge in [0.1, 0.15) is 18.1 Å². The fourth-order valence-corrected chi connectivity index (χ4v) is 2.61. The summed E-state index contributed by atoms with van der Waals surface area (Å²) in [7, 11) is 0. The molecule has 2 rings (SSSR count). The van der Waals surface area contributed by atoms with E-state index in [4.69, 9.17) is 30.5 Å². The van der Waals surface area contributed by atoms with E-state index in [0.29, 0.717) is 0 Å². The van der Waals surface area contributed by atoms with Crippen LogP contribution in [0.15, 0.2) is 43.0 Å². The molecular weight excluding hydrogens is 380 g/mol. The van der Waals surface area contributed by atoms with Crippen LogP contribution in [0.5, 0.6) is 0 Å². The minimum absolute atomic E-state index is 0.0349. The van der Waals surface area contributed by atoms with Gasteiger partial charge in [0.25, 0.3) is 0 Å². The quantitative estimate of drug-likeness (QED) is 0.371. The normalized spacial score (nSPS) is 27.6. The Balaban J connectivity index is 2.28. The molecule has 27 heavy (non-hydrogen) atoms. The van der Waals surface area contributed by atoms with E-state index in [0.717, 1.165) is 0 Å². The average molecular weight is 401 g/mol. The predicted molar refractivity (Wildman–Crippen MR) is 94.1 cm³/mol. The molecular formula is C18H21ClO8. The molecule has 0 bridgehead atoms. The summed E-state index contributed by atoms with van der Waals surface area (Å²) >= 11 is 5.48. The van der Waals surface area contributed by atoms with E-state index in [1.54, 1.807) is 18.2 Å². The van der Waals surface area contributed by atoms with Gasteiger partial charge in [-0.3, -0.25) is 4.79 Å². The largest absolute Gasteiger partial charge is 0.452 e. The first-order valence-corrected chi connectivity index (χ1v) is 8.73. The maximum atomic E-state index is 12.4. The van der Waals surface area contributed by atoms with Gasteiger partial charge in [-0.05, 0) is 12.1 Å². The molecule has 5 atom stereocenters. The molecule has 9 heteroatoms. The predicted octanol–water partition coefficient (Wildman–Crippen LogP) is 0.643. The molecule has 1 aliphatic heterocycles. The van der Waals surface area contributed by atoms with Crippen molar-refractivity contribution in [2.75, 3.05) is 19.1 Å². The third kappa shape index (κ3) is 5.50. The zero-order valence-corrected chi connectivity index (χ0v) is 15.2. The molecule has 0 spiro atoms. The second-order valence-electron chi connectivity index (χ2n) is 5.66. The molecule has 148 valence electrons. The lowest BCUT2D eigenvalue weighted by molar-refractivity contribution is -0.300. The van der Waals surface area contributed by atoms with Crippen molar-refractivity contribution in [1.29, 1.82) is 0 Å². The first-order chi connectivity index (χ1) is 13.0. The van der Waals surface area contributed by atoms with Crippen molar-refractivity contribution in [2.45, 2.75) is 30.7 Å². The molecule has 0 saturated carbocycles. The lowest BCUT2D eigenvalue weighted by Gasteiger charge is -2.42. The first-order valence-electron chi connectivity index (χ1n) is 8.20. The third-order valence-corrected chi connectivity index (χ3v) is 4.02. The Kier molecular flexibility index (Phi) is 8.21. The summed E-state index contributed by atoms with van der Waals surface area (Å²) in [6.07, 6.45) is -4.97. The number of ether oxygens (including phenoxy) is 4. The van der Waals surface area contributed by atoms with Crippen LogP contribution in [0.1, 0.15) is 10.4 Å². The van der Waals surface area contributed by atoms with Gasteiger partial charge in [-0.15, -0.1) is 18.2 Å². The number of esters is 2. The number of halogens is 1. The Hall–Kier alpha value is -1.97. The molecule has 1 aromatic rings. The highest BCUT2D eigenvalue weighted by atomic mass is 35.5. The standard InChI is InChI=1S/C18H21ClO8/c1-2-8-24-18-16(26-13(21)9-19)15(14(22)12(10-20)25-18)27-17(23)11-6-4-3-5-7-11/h2-7,12,14-16,18,20,22H,1,8-10H2/t12-,14-,15+,16+,18+/m1/s1. The van der Waals surface area contributed by atoms with Gasteiger partial charge >= 0.3 is 11.9 Å². The Bertz CT molecular complexity index is 638. The molecule has 0 amide bonds. The van der Waals surface area contributed by atoms with E-state index < -0.39 is 55.1 Å². The van der Waals surface area contributed by atoms with Crippen LogP contribution in [0.4, 0.5) is 0 Å². The molecule has 1 saturated heterocycles. The monoisotopic (exact) mass is 400 g/mol. The maximum Gasteiger partial charge on any atom is 0.338 e. The van der Waals surface area contributed by atoms with Crippen LogP contribution in [0.25, 0.3) is 0 Å². The molecule has 0 radical (unpaired) electrons. The topological polar surface area (TPSA) is 112 Å². The summed E-state index contributed by atoms with van der Waals surface area (Å²) in [5.74, 6) is -2.01. The van der Waals surface area contributed by atoms with E-state index in [-0.39, 0.29) is 12.2 Å². The van der Waals surface area contributed by atoms with Crippen LogP contribution in [-0.4, -0.2) is 72.0 Å². The molecule has 1 aliphatic rings. The summed E-state index contributed by atoms with van der Waals surface area (Å²) in [6, 6.07) is 8.08. The number of aliphatic hydroxyl groups is 2. The van der Waals surface area contributed by atoms with Gasteiger partial charge in [0.05, 0.1) is 18.8 Å². The Labute approximate surface area is 161 Å². The van der Waals surface area contributed by atoms with E-state index in [9.17, 15) is 19.8 Å². The van der Waals surface area contributed by atoms with Gasteiger partial charge < -0.3 is 29.2 Å². The van der Waals surface area contributed by atoms with Crippen LogP contribution < -0.4 is 0 Å². The summed E-state index contributed by atoms with van der Waals surface area (Å²) in [4.78, 5) is 24.1. The second kappa shape index (κ2) is 10.4. The van der Waals surface area contributed by atoms with Crippen LogP contribution in [0.2, 0.25) is 0 Å². The molecule has 1 aromatic carbocycles. The minimum atomic E-state index is -1.46. The average Bonchev–Trinajstić information content (AvgIpc) is 2.70. The highest BCUT2D eigenvalue weighted by Crippen LogP contribution is 2.28. The zero-order chi connectivity index (χ0) is 19.8. The molecule has 8 nitrogen and oxygen atoms in total. The van der Waals surface area contributed by atoms with E-state index in [1.807, 2.05) is 0 Å². The van der Waals surface area contributed by atoms with Crippen molar-refractivity contribution in [3.05, 3.63) is 48.6 Å². The lowest BCUT2D eigenvalue weighted by atomic mass is 9.98. The molecule has 2 N–H and O–H groups in total. The number of alkyl halides is 1. The first kappa shape index (κ1) is 21.3. The van der Waals surface area contributed by atoms with Gasteiger partial charge in [0, 0.05) is 0 Å². The van der Waals surface area contributed by atoms with E-state index in [1.165, 1.54) is 18.2 Å². The van der Waals surface area contributed by atoms with Gasteiger partial charge in [0.2, 0.25) is 0 Å². The highest BCUT2D eigenvalue weighted by Gasteiger charge is 2.50. The Morgan fingerprint density at radius 3 is 2.52 bits per heavy atom. The molecule has 0 aromatic heterocycles. The fourth-order valence-electron chi connectivity index (χ4n) is 2.55. The van der Waals surface area contributed by atoms with Crippen LogP contribution >= 0.6 is 11.6 Å². The Morgan fingerprint density at radius 2 is 1.93 bits per heavy atom. The minimum Gasteiger partial charge on any atom is -0.452 e. The fraction of sp³-hybridized carbons (Fsp3) is 0.444. The lowest BCUT2D eigenvalue weighted by Crippen LogP contribution is -2.61. The number of hydrogen-bond donors (Lipinski definition) is 2. The molecule has 0 aliphatic carbocycles. The van der Waals surface area contributed by atoms with Gasteiger partial charge in [-0.2, -0.15) is 0 Å². The van der Waals surface area contributed by atoms with Crippen molar-refractivity contribution in [3.63, 3.8) is 0 Å². The van der Waals surface area contributed by atoms with Crippen molar-refractivity contribution in [2.24, 2.45) is 0 Å². The van der Waals surface area contributed by atoms with Gasteiger partial charge in [0.15, 0.2) is 18.5 Å². The van der Waals surface area contributed by atoms with Gasteiger partial charge in [-0.25, -0.2) is 4.79 Å². The van der Waals surface area contributed by atoms with E-state index in [2.05, 4.69) is 6.58 Å². The number of carbonyl (C=O) groups is 2. The molecule has 1 fully saturated rings.